The van der Waals surface area contributed by atoms with Crippen LogP contribution in [0.4, 0.5) is 0 Å². The van der Waals surface area contributed by atoms with E-state index in [2.05, 4.69) is 15.3 Å². The van der Waals surface area contributed by atoms with E-state index < -0.39 is 12.0 Å². The van der Waals surface area contributed by atoms with Gasteiger partial charge in [0.05, 0.1) is 11.6 Å². The molecule has 1 amide bonds. The molecule has 1 saturated heterocycles. The highest BCUT2D eigenvalue weighted by atomic mass is 32.2. The van der Waals surface area contributed by atoms with Gasteiger partial charge < -0.3 is 15.4 Å². The second-order valence-electron chi connectivity index (χ2n) is 4.54. The van der Waals surface area contributed by atoms with E-state index >= 15 is 0 Å². The standard InChI is InChI=1S/C12H17N3O3S/c16-11(10-3-1-2-4-19-10)15-9(12(17)18)5-8-6-13-7-14-8/h6-7,9-10H,1-5H2,(H,13,14)(H,15,16)(H,17,18)/t9-,10?/m0/s1. The SMILES string of the molecule is O=C(N[C@@H](Cc1cnc[nH]1)C(=O)O)C1CCCCS1. The van der Waals surface area contributed by atoms with Gasteiger partial charge in [-0.1, -0.05) is 6.42 Å². The molecule has 19 heavy (non-hydrogen) atoms. The fourth-order valence-electron chi connectivity index (χ4n) is 2.03. The van der Waals surface area contributed by atoms with Crippen LogP contribution in [-0.4, -0.2) is 44.0 Å². The summed E-state index contributed by atoms with van der Waals surface area (Å²) in [5.74, 6) is -0.225. The Morgan fingerprint density at radius 1 is 1.58 bits per heavy atom. The average Bonchev–Trinajstić information content (AvgIpc) is 2.91. The molecule has 0 aromatic carbocycles. The maximum atomic E-state index is 12.0. The lowest BCUT2D eigenvalue weighted by atomic mass is 10.1. The maximum Gasteiger partial charge on any atom is 0.326 e. The third-order valence-corrected chi connectivity index (χ3v) is 4.44. The lowest BCUT2D eigenvalue weighted by molar-refractivity contribution is -0.141. The number of hydrogen-bond acceptors (Lipinski definition) is 4. The predicted molar refractivity (Wildman–Crippen MR) is 72.0 cm³/mol. The van der Waals surface area contributed by atoms with Gasteiger partial charge >= 0.3 is 5.97 Å². The van der Waals surface area contributed by atoms with Crippen molar-refractivity contribution < 1.29 is 14.7 Å². The molecular formula is C12H17N3O3S. The Bertz CT molecular complexity index is 429. The molecule has 1 aromatic heterocycles. The fourth-order valence-corrected chi connectivity index (χ4v) is 3.24. The summed E-state index contributed by atoms with van der Waals surface area (Å²) in [6.07, 6.45) is 6.27. The van der Waals surface area contributed by atoms with E-state index in [0.29, 0.717) is 5.69 Å². The molecule has 104 valence electrons. The Morgan fingerprint density at radius 2 is 2.42 bits per heavy atom. The van der Waals surface area contributed by atoms with Crippen LogP contribution in [0.3, 0.4) is 0 Å². The zero-order valence-electron chi connectivity index (χ0n) is 10.5. The molecule has 1 aliphatic heterocycles. The summed E-state index contributed by atoms with van der Waals surface area (Å²) < 4.78 is 0. The molecule has 0 saturated carbocycles. The highest BCUT2D eigenvalue weighted by Gasteiger charge is 2.27. The summed E-state index contributed by atoms with van der Waals surface area (Å²) in [6, 6.07) is -0.907. The van der Waals surface area contributed by atoms with Crippen molar-refractivity contribution >= 4 is 23.6 Å². The van der Waals surface area contributed by atoms with Gasteiger partial charge in [-0.25, -0.2) is 9.78 Å². The number of carbonyl (C=O) groups excluding carboxylic acids is 1. The molecule has 1 aliphatic rings. The van der Waals surface area contributed by atoms with E-state index in [9.17, 15) is 9.59 Å². The second-order valence-corrected chi connectivity index (χ2v) is 5.85. The van der Waals surface area contributed by atoms with Crippen LogP contribution in [0.1, 0.15) is 25.0 Å². The van der Waals surface area contributed by atoms with E-state index in [1.807, 2.05) is 0 Å². The Labute approximate surface area is 115 Å². The second kappa shape index (κ2) is 6.60. The number of H-pyrrole nitrogens is 1. The smallest absolute Gasteiger partial charge is 0.326 e. The van der Waals surface area contributed by atoms with Gasteiger partial charge in [0.2, 0.25) is 5.91 Å². The number of aromatic nitrogens is 2. The minimum Gasteiger partial charge on any atom is -0.480 e. The number of aromatic amines is 1. The zero-order valence-corrected chi connectivity index (χ0v) is 11.3. The van der Waals surface area contributed by atoms with Crippen LogP contribution in [0.25, 0.3) is 0 Å². The first-order valence-electron chi connectivity index (χ1n) is 6.29. The van der Waals surface area contributed by atoms with Crippen LogP contribution in [0.2, 0.25) is 0 Å². The summed E-state index contributed by atoms with van der Waals surface area (Å²) >= 11 is 1.61. The van der Waals surface area contributed by atoms with Gasteiger partial charge in [0.1, 0.15) is 6.04 Å². The largest absolute Gasteiger partial charge is 0.480 e. The number of carbonyl (C=O) groups is 2. The highest BCUT2D eigenvalue weighted by molar-refractivity contribution is 8.00. The predicted octanol–water partition coefficient (Wildman–Crippen LogP) is 0.807. The molecule has 1 aromatic rings. The number of amides is 1. The number of nitrogens with zero attached hydrogens (tertiary/aromatic N) is 1. The molecule has 2 heterocycles. The number of aliphatic carboxylic acids is 1. The van der Waals surface area contributed by atoms with Crippen molar-refractivity contribution in [2.24, 2.45) is 0 Å². The van der Waals surface area contributed by atoms with Crippen LogP contribution >= 0.6 is 11.8 Å². The lowest BCUT2D eigenvalue weighted by Gasteiger charge is -2.22. The molecule has 2 rings (SSSR count). The fraction of sp³-hybridized carbons (Fsp3) is 0.583. The van der Waals surface area contributed by atoms with Gasteiger partial charge in [-0.3, -0.25) is 4.79 Å². The molecule has 1 unspecified atom stereocenters. The molecule has 0 aliphatic carbocycles. The third kappa shape index (κ3) is 3.99. The monoisotopic (exact) mass is 283 g/mol. The quantitative estimate of drug-likeness (QED) is 0.743. The minimum atomic E-state index is -1.02. The Hall–Kier alpha value is -1.50. The van der Waals surface area contributed by atoms with Crippen LogP contribution in [0.5, 0.6) is 0 Å². The van der Waals surface area contributed by atoms with Crippen LogP contribution in [0, 0.1) is 0 Å². The molecule has 0 spiro atoms. The molecule has 7 heteroatoms. The van der Waals surface area contributed by atoms with Crippen molar-refractivity contribution in [3.63, 3.8) is 0 Å². The number of thioether (sulfide) groups is 1. The number of imidazole rings is 1. The van der Waals surface area contributed by atoms with Gasteiger partial charge in [0.15, 0.2) is 0 Å². The lowest BCUT2D eigenvalue weighted by Crippen LogP contribution is -2.46. The molecule has 2 atom stereocenters. The first-order chi connectivity index (χ1) is 9.16. The topological polar surface area (TPSA) is 95.1 Å². The highest BCUT2D eigenvalue weighted by Crippen LogP contribution is 2.25. The number of nitrogens with one attached hydrogen (secondary N) is 2. The number of rotatable bonds is 5. The Kier molecular flexibility index (Phi) is 4.84. The van der Waals surface area contributed by atoms with E-state index in [4.69, 9.17) is 5.11 Å². The number of hydrogen-bond donors (Lipinski definition) is 3. The van der Waals surface area contributed by atoms with Crippen molar-refractivity contribution in [3.8, 4) is 0 Å². The third-order valence-electron chi connectivity index (χ3n) is 3.07. The van der Waals surface area contributed by atoms with Crippen LogP contribution < -0.4 is 5.32 Å². The van der Waals surface area contributed by atoms with Crippen molar-refractivity contribution in [2.75, 3.05) is 5.75 Å². The normalized spacial score (nSPS) is 20.7. The van der Waals surface area contributed by atoms with Gasteiger partial charge in [-0.05, 0) is 18.6 Å². The van der Waals surface area contributed by atoms with E-state index in [1.165, 1.54) is 6.33 Å². The molecular weight excluding hydrogens is 266 g/mol. The van der Waals surface area contributed by atoms with Gasteiger partial charge in [-0.2, -0.15) is 0 Å². The zero-order chi connectivity index (χ0) is 13.7. The molecule has 3 N–H and O–H groups in total. The first kappa shape index (κ1) is 13.9. The van der Waals surface area contributed by atoms with Gasteiger partial charge in [0, 0.05) is 18.3 Å². The molecule has 0 bridgehead atoms. The van der Waals surface area contributed by atoms with Crippen LogP contribution in [0.15, 0.2) is 12.5 Å². The van der Waals surface area contributed by atoms with Crippen molar-refractivity contribution in [3.05, 3.63) is 18.2 Å². The van der Waals surface area contributed by atoms with E-state index in [1.54, 1.807) is 18.0 Å². The maximum absolute atomic E-state index is 12.0. The number of carboxylic acids is 1. The number of carboxylic acid groups (broad SMARTS) is 1. The summed E-state index contributed by atoms with van der Waals surface area (Å²) in [7, 11) is 0. The summed E-state index contributed by atoms with van der Waals surface area (Å²) in [6.45, 7) is 0. The van der Waals surface area contributed by atoms with Gasteiger partial charge in [-0.15, -0.1) is 11.8 Å². The minimum absolute atomic E-state index is 0.114. The van der Waals surface area contributed by atoms with Crippen molar-refractivity contribution in [1.82, 2.24) is 15.3 Å². The van der Waals surface area contributed by atoms with Gasteiger partial charge in [0.25, 0.3) is 0 Å². The molecule has 0 radical (unpaired) electrons. The van der Waals surface area contributed by atoms with E-state index in [-0.39, 0.29) is 17.6 Å². The summed E-state index contributed by atoms with van der Waals surface area (Å²) in [5, 5.41) is 11.7. The van der Waals surface area contributed by atoms with Crippen LogP contribution in [-0.2, 0) is 16.0 Å². The Balaban J connectivity index is 1.92. The summed E-state index contributed by atoms with van der Waals surface area (Å²) in [5.41, 5.74) is 0.698. The molecule has 1 fully saturated rings. The first-order valence-corrected chi connectivity index (χ1v) is 7.33. The molecule has 6 nitrogen and oxygen atoms in total. The van der Waals surface area contributed by atoms with Crippen molar-refractivity contribution in [2.45, 2.75) is 37.0 Å². The van der Waals surface area contributed by atoms with Crippen molar-refractivity contribution in [1.29, 1.82) is 0 Å². The van der Waals surface area contributed by atoms with E-state index in [0.717, 1.165) is 25.0 Å². The summed E-state index contributed by atoms with van der Waals surface area (Å²) in [4.78, 5) is 29.9. The average molecular weight is 283 g/mol. The Morgan fingerprint density at radius 3 is 3.00 bits per heavy atom.